The number of nitrogens with one attached hydrogen (secondary N) is 1. The molecule has 0 rings (SSSR count). The normalized spacial score (nSPS) is 16.2. The van der Waals surface area contributed by atoms with Crippen molar-refractivity contribution in [3.63, 3.8) is 0 Å². The van der Waals surface area contributed by atoms with Crippen LogP contribution in [0.25, 0.3) is 0 Å². The lowest BCUT2D eigenvalue weighted by Crippen LogP contribution is -2.57. The maximum absolute atomic E-state index is 11.9. The molecule has 6 nitrogen and oxygen atoms in total. The molecule has 0 saturated carbocycles. The van der Waals surface area contributed by atoms with Crippen LogP contribution in [-0.2, 0) is 9.47 Å². The molecule has 0 aliphatic carbocycles. The lowest BCUT2D eigenvalue weighted by atomic mass is 10.0. The van der Waals surface area contributed by atoms with Crippen molar-refractivity contribution in [1.29, 1.82) is 0 Å². The highest BCUT2D eigenvalue weighted by Crippen LogP contribution is 2.13. The Bertz CT molecular complexity index is 318. The van der Waals surface area contributed by atoms with E-state index in [1.165, 1.54) is 0 Å². The Hall–Kier alpha value is -0.850. The van der Waals surface area contributed by atoms with E-state index >= 15 is 0 Å². The predicted octanol–water partition coefficient (Wildman–Crippen LogP) is 1.97. The van der Waals surface area contributed by atoms with Crippen molar-refractivity contribution in [1.82, 2.24) is 10.2 Å². The Morgan fingerprint density at radius 3 is 2.32 bits per heavy atom. The zero-order valence-corrected chi connectivity index (χ0v) is 15.3. The number of ether oxygens (including phenoxy) is 2. The van der Waals surface area contributed by atoms with Gasteiger partial charge in [-0.3, -0.25) is 4.90 Å². The summed E-state index contributed by atoms with van der Waals surface area (Å²) in [4.78, 5) is 14.2. The molecule has 0 aromatic rings. The summed E-state index contributed by atoms with van der Waals surface area (Å²) in [7, 11) is 1.69. The Morgan fingerprint density at radius 1 is 1.32 bits per heavy atom. The van der Waals surface area contributed by atoms with E-state index in [9.17, 15) is 4.79 Å². The molecule has 0 aliphatic heterocycles. The number of nitrogens with two attached hydrogens (primary N) is 1. The van der Waals surface area contributed by atoms with Crippen molar-refractivity contribution in [2.75, 3.05) is 26.8 Å². The third kappa shape index (κ3) is 7.96. The van der Waals surface area contributed by atoms with E-state index < -0.39 is 11.7 Å². The van der Waals surface area contributed by atoms with Crippen LogP contribution in [0.15, 0.2) is 0 Å². The number of carbonyl (C=O) groups is 1. The summed E-state index contributed by atoms with van der Waals surface area (Å²) in [6.07, 6.45) is 0.605. The molecule has 22 heavy (non-hydrogen) atoms. The van der Waals surface area contributed by atoms with Gasteiger partial charge in [-0.1, -0.05) is 6.92 Å². The van der Waals surface area contributed by atoms with Crippen molar-refractivity contribution in [2.24, 2.45) is 5.73 Å². The number of hydrogen-bond acceptors (Lipinski definition) is 5. The van der Waals surface area contributed by atoms with E-state index in [-0.39, 0.29) is 12.1 Å². The minimum atomic E-state index is -0.505. The van der Waals surface area contributed by atoms with Crippen LogP contribution < -0.4 is 11.1 Å². The van der Waals surface area contributed by atoms with Gasteiger partial charge >= 0.3 is 6.09 Å². The van der Waals surface area contributed by atoms with E-state index in [2.05, 4.69) is 24.1 Å². The van der Waals surface area contributed by atoms with Crippen molar-refractivity contribution in [3.8, 4) is 0 Å². The molecule has 0 aliphatic rings. The number of carbonyl (C=O) groups excluding carboxylic acids is 1. The average molecular weight is 317 g/mol. The van der Waals surface area contributed by atoms with Crippen LogP contribution in [0.3, 0.4) is 0 Å². The zero-order valence-electron chi connectivity index (χ0n) is 15.3. The smallest absolute Gasteiger partial charge is 0.407 e. The minimum absolute atomic E-state index is 0.0395. The van der Waals surface area contributed by atoms with Crippen LogP contribution in [0.1, 0.15) is 48.0 Å². The summed E-state index contributed by atoms with van der Waals surface area (Å²) in [5.74, 6) is 0. The Kier molecular flexibility index (Phi) is 9.64. The zero-order chi connectivity index (χ0) is 17.3. The van der Waals surface area contributed by atoms with Gasteiger partial charge in [0.15, 0.2) is 0 Å². The summed E-state index contributed by atoms with van der Waals surface area (Å²) in [6.45, 7) is 13.7. The molecule has 6 heteroatoms. The van der Waals surface area contributed by atoms with E-state index in [0.717, 1.165) is 13.0 Å². The van der Waals surface area contributed by atoms with Crippen molar-refractivity contribution in [2.45, 2.75) is 71.7 Å². The van der Waals surface area contributed by atoms with Gasteiger partial charge in [0.05, 0.1) is 6.61 Å². The standard InChI is InChI=1S/C16H35N3O3/c1-8-12(2)19(9-10-21-7)14(11-17)13(3)18-15(20)22-16(4,5)6/h12-14H,8-11,17H2,1-7H3,(H,18,20). The quantitative estimate of drug-likeness (QED) is 0.680. The number of nitrogens with zero attached hydrogens (tertiary/aromatic N) is 1. The number of alkyl carbamates (subject to hydrolysis) is 1. The van der Waals surface area contributed by atoms with Crippen molar-refractivity contribution >= 4 is 6.09 Å². The van der Waals surface area contributed by atoms with E-state index in [1.807, 2.05) is 27.7 Å². The second-order valence-corrected chi connectivity index (χ2v) is 6.73. The van der Waals surface area contributed by atoms with E-state index in [4.69, 9.17) is 15.2 Å². The molecule has 0 aromatic carbocycles. The summed E-state index contributed by atoms with van der Waals surface area (Å²) < 4.78 is 10.5. The van der Waals surface area contributed by atoms with Crippen LogP contribution >= 0.6 is 0 Å². The lowest BCUT2D eigenvalue weighted by Gasteiger charge is -2.39. The van der Waals surface area contributed by atoms with Crippen molar-refractivity contribution < 1.29 is 14.3 Å². The van der Waals surface area contributed by atoms with Gasteiger partial charge in [-0.25, -0.2) is 4.79 Å². The van der Waals surface area contributed by atoms with Crippen LogP contribution in [0.4, 0.5) is 4.79 Å². The molecule has 3 atom stereocenters. The highest BCUT2D eigenvalue weighted by Gasteiger charge is 2.28. The lowest BCUT2D eigenvalue weighted by molar-refractivity contribution is 0.0415. The SMILES string of the molecule is CCC(C)N(CCOC)C(CN)C(C)NC(=O)OC(C)(C)C. The molecular weight excluding hydrogens is 282 g/mol. The predicted molar refractivity (Wildman–Crippen MR) is 90.0 cm³/mol. The van der Waals surface area contributed by atoms with Gasteiger partial charge in [0.2, 0.25) is 0 Å². The fourth-order valence-electron chi connectivity index (χ4n) is 2.36. The van der Waals surface area contributed by atoms with Crippen LogP contribution in [0.2, 0.25) is 0 Å². The first-order valence-electron chi connectivity index (χ1n) is 8.10. The van der Waals surface area contributed by atoms with Gasteiger partial charge in [-0.05, 0) is 41.0 Å². The molecule has 132 valence electrons. The Labute approximate surface area is 135 Å². The summed E-state index contributed by atoms with van der Waals surface area (Å²) in [5.41, 5.74) is 5.46. The molecular formula is C16H35N3O3. The van der Waals surface area contributed by atoms with Gasteiger partial charge in [-0.2, -0.15) is 0 Å². The van der Waals surface area contributed by atoms with E-state index in [0.29, 0.717) is 19.2 Å². The maximum atomic E-state index is 11.9. The number of rotatable bonds is 9. The average Bonchev–Trinajstić information content (AvgIpc) is 2.40. The molecule has 0 aromatic heterocycles. The number of amides is 1. The topological polar surface area (TPSA) is 76.8 Å². The summed E-state index contributed by atoms with van der Waals surface area (Å²) in [5, 5.41) is 2.90. The summed E-state index contributed by atoms with van der Waals surface area (Å²) in [6, 6.07) is 0.301. The van der Waals surface area contributed by atoms with E-state index in [1.54, 1.807) is 7.11 Å². The first-order valence-corrected chi connectivity index (χ1v) is 8.10. The van der Waals surface area contributed by atoms with Gasteiger partial charge < -0.3 is 20.5 Å². The van der Waals surface area contributed by atoms with Crippen LogP contribution in [0, 0.1) is 0 Å². The highest BCUT2D eigenvalue weighted by molar-refractivity contribution is 5.68. The molecule has 0 radical (unpaired) electrons. The van der Waals surface area contributed by atoms with Crippen molar-refractivity contribution in [3.05, 3.63) is 0 Å². The molecule has 0 heterocycles. The molecule has 0 bridgehead atoms. The maximum Gasteiger partial charge on any atom is 0.407 e. The fourth-order valence-corrected chi connectivity index (χ4v) is 2.36. The molecule has 1 amide bonds. The van der Waals surface area contributed by atoms with Crippen LogP contribution in [0.5, 0.6) is 0 Å². The third-order valence-corrected chi connectivity index (χ3v) is 3.70. The summed E-state index contributed by atoms with van der Waals surface area (Å²) >= 11 is 0. The largest absolute Gasteiger partial charge is 0.444 e. The Balaban J connectivity index is 4.82. The monoisotopic (exact) mass is 317 g/mol. The number of methoxy groups -OCH3 is 1. The van der Waals surface area contributed by atoms with Crippen LogP contribution in [-0.4, -0.2) is 61.5 Å². The first-order chi connectivity index (χ1) is 10.2. The highest BCUT2D eigenvalue weighted by atomic mass is 16.6. The van der Waals surface area contributed by atoms with Gasteiger partial charge in [-0.15, -0.1) is 0 Å². The van der Waals surface area contributed by atoms with Gasteiger partial charge in [0, 0.05) is 38.3 Å². The fraction of sp³-hybridized carbons (Fsp3) is 0.938. The van der Waals surface area contributed by atoms with Gasteiger partial charge in [0.25, 0.3) is 0 Å². The molecule has 0 fully saturated rings. The second-order valence-electron chi connectivity index (χ2n) is 6.73. The molecule has 3 N–H and O–H groups in total. The Morgan fingerprint density at radius 2 is 1.91 bits per heavy atom. The first kappa shape index (κ1) is 21.1. The molecule has 3 unspecified atom stereocenters. The third-order valence-electron chi connectivity index (χ3n) is 3.70. The van der Waals surface area contributed by atoms with Gasteiger partial charge in [0.1, 0.15) is 5.60 Å². The minimum Gasteiger partial charge on any atom is -0.444 e. The molecule has 0 saturated heterocycles. The number of hydrogen-bond donors (Lipinski definition) is 2. The second kappa shape index (κ2) is 10.0. The molecule has 0 spiro atoms.